The molecule has 1 aliphatic rings. The molecule has 1 fully saturated rings. The Kier molecular flexibility index (Phi) is 4.74. The fourth-order valence-electron chi connectivity index (χ4n) is 2.71. The highest BCUT2D eigenvalue weighted by atomic mass is 16.2. The van der Waals surface area contributed by atoms with Gasteiger partial charge in [-0.25, -0.2) is 0 Å². The SMILES string of the molecule is C=CCCNC(=O)C1(c2ccccc2)CCNCC1. The van der Waals surface area contributed by atoms with Crippen molar-refractivity contribution < 1.29 is 4.79 Å². The topological polar surface area (TPSA) is 41.1 Å². The van der Waals surface area contributed by atoms with Gasteiger partial charge in [0.05, 0.1) is 5.41 Å². The number of piperidine rings is 1. The fourth-order valence-corrected chi connectivity index (χ4v) is 2.71. The van der Waals surface area contributed by atoms with E-state index in [1.165, 1.54) is 0 Å². The molecule has 2 rings (SSSR count). The molecule has 1 heterocycles. The number of rotatable bonds is 5. The summed E-state index contributed by atoms with van der Waals surface area (Å²) < 4.78 is 0. The van der Waals surface area contributed by atoms with Crippen LogP contribution in [0.4, 0.5) is 0 Å². The molecule has 0 spiro atoms. The minimum Gasteiger partial charge on any atom is -0.355 e. The highest BCUT2D eigenvalue weighted by Crippen LogP contribution is 2.33. The zero-order valence-corrected chi connectivity index (χ0v) is 11.3. The van der Waals surface area contributed by atoms with Crippen molar-refractivity contribution in [2.45, 2.75) is 24.7 Å². The maximum Gasteiger partial charge on any atom is 0.230 e. The van der Waals surface area contributed by atoms with E-state index in [1.807, 2.05) is 24.3 Å². The smallest absolute Gasteiger partial charge is 0.230 e. The Morgan fingerprint density at radius 2 is 2.00 bits per heavy atom. The maximum atomic E-state index is 12.6. The fraction of sp³-hybridized carbons (Fsp3) is 0.438. The average Bonchev–Trinajstić information content (AvgIpc) is 2.49. The van der Waals surface area contributed by atoms with Crippen LogP contribution >= 0.6 is 0 Å². The Labute approximate surface area is 115 Å². The van der Waals surface area contributed by atoms with Crippen LogP contribution < -0.4 is 10.6 Å². The zero-order valence-electron chi connectivity index (χ0n) is 11.3. The van der Waals surface area contributed by atoms with Crippen LogP contribution in [0.2, 0.25) is 0 Å². The van der Waals surface area contributed by atoms with E-state index in [4.69, 9.17) is 0 Å². The highest BCUT2D eigenvalue weighted by Gasteiger charge is 2.40. The van der Waals surface area contributed by atoms with E-state index in [0.717, 1.165) is 37.9 Å². The first kappa shape index (κ1) is 13.8. The molecule has 0 bridgehead atoms. The van der Waals surface area contributed by atoms with E-state index in [9.17, 15) is 4.79 Å². The third-order valence-electron chi connectivity index (χ3n) is 3.85. The Morgan fingerprint density at radius 3 is 2.63 bits per heavy atom. The molecule has 1 amide bonds. The van der Waals surface area contributed by atoms with Gasteiger partial charge in [0.2, 0.25) is 5.91 Å². The number of hydrogen-bond acceptors (Lipinski definition) is 2. The van der Waals surface area contributed by atoms with Crippen molar-refractivity contribution in [1.29, 1.82) is 0 Å². The van der Waals surface area contributed by atoms with E-state index in [0.29, 0.717) is 6.54 Å². The van der Waals surface area contributed by atoms with Gasteiger partial charge in [0.1, 0.15) is 0 Å². The Morgan fingerprint density at radius 1 is 1.32 bits per heavy atom. The Hall–Kier alpha value is -1.61. The summed E-state index contributed by atoms with van der Waals surface area (Å²) in [5.74, 6) is 0.155. The molecule has 0 saturated carbocycles. The van der Waals surface area contributed by atoms with Crippen LogP contribution in [0.3, 0.4) is 0 Å². The summed E-state index contributed by atoms with van der Waals surface area (Å²) in [4.78, 5) is 12.6. The van der Waals surface area contributed by atoms with Crippen LogP contribution in [-0.2, 0) is 10.2 Å². The molecule has 102 valence electrons. The summed E-state index contributed by atoms with van der Waals surface area (Å²) in [6.07, 6.45) is 4.36. The van der Waals surface area contributed by atoms with Gasteiger partial charge in [0.25, 0.3) is 0 Å². The molecule has 1 aliphatic heterocycles. The van der Waals surface area contributed by atoms with Crippen molar-refractivity contribution in [2.75, 3.05) is 19.6 Å². The van der Waals surface area contributed by atoms with Crippen molar-refractivity contribution in [3.8, 4) is 0 Å². The van der Waals surface area contributed by atoms with Gasteiger partial charge in [-0.2, -0.15) is 0 Å². The van der Waals surface area contributed by atoms with Crippen LogP contribution in [0.15, 0.2) is 43.0 Å². The maximum absolute atomic E-state index is 12.6. The lowest BCUT2D eigenvalue weighted by atomic mass is 9.72. The van der Waals surface area contributed by atoms with Crippen LogP contribution in [0.5, 0.6) is 0 Å². The number of nitrogens with one attached hydrogen (secondary N) is 2. The molecule has 0 aliphatic carbocycles. The first-order valence-corrected chi connectivity index (χ1v) is 6.95. The molecular formula is C16H22N2O. The molecule has 19 heavy (non-hydrogen) atoms. The molecule has 1 saturated heterocycles. The second-order valence-corrected chi connectivity index (χ2v) is 5.03. The molecular weight excluding hydrogens is 236 g/mol. The molecule has 1 aromatic carbocycles. The third-order valence-corrected chi connectivity index (χ3v) is 3.85. The lowest BCUT2D eigenvalue weighted by molar-refractivity contribution is -0.127. The van der Waals surface area contributed by atoms with Gasteiger partial charge in [-0.15, -0.1) is 6.58 Å². The molecule has 2 N–H and O–H groups in total. The predicted octanol–water partition coefficient (Wildman–Crippen LogP) is 2.00. The monoisotopic (exact) mass is 258 g/mol. The van der Waals surface area contributed by atoms with Crippen LogP contribution in [0, 0.1) is 0 Å². The molecule has 3 nitrogen and oxygen atoms in total. The van der Waals surface area contributed by atoms with Crippen molar-refractivity contribution in [3.63, 3.8) is 0 Å². The first-order valence-electron chi connectivity index (χ1n) is 6.95. The number of benzene rings is 1. The van der Waals surface area contributed by atoms with E-state index in [1.54, 1.807) is 0 Å². The normalized spacial score (nSPS) is 17.7. The number of carbonyl (C=O) groups is 1. The van der Waals surface area contributed by atoms with Crippen molar-refractivity contribution in [2.24, 2.45) is 0 Å². The second kappa shape index (κ2) is 6.53. The van der Waals surface area contributed by atoms with E-state index < -0.39 is 0 Å². The second-order valence-electron chi connectivity index (χ2n) is 5.03. The van der Waals surface area contributed by atoms with Gasteiger partial charge in [-0.05, 0) is 37.9 Å². The lowest BCUT2D eigenvalue weighted by Gasteiger charge is -2.36. The van der Waals surface area contributed by atoms with Gasteiger partial charge >= 0.3 is 0 Å². The number of amides is 1. The van der Waals surface area contributed by atoms with Crippen LogP contribution in [-0.4, -0.2) is 25.5 Å². The summed E-state index contributed by atoms with van der Waals surface area (Å²) in [6.45, 7) is 6.14. The summed E-state index contributed by atoms with van der Waals surface area (Å²) in [5.41, 5.74) is 0.765. The largest absolute Gasteiger partial charge is 0.355 e. The molecule has 0 aromatic heterocycles. The molecule has 1 aromatic rings. The summed E-state index contributed by atoms with van der Waals surface area (Å²) in [7, 11) is 0. The van der Waals surface area contributed by atoms with Crippen LogP contribution in [0.25, 0.3) is 0 Å². The molecule has 3 heteroatoms. The standard InChI is InChI=1S/C16H22N2O/c1-2-3-11-18-15(19)16(9-12-17-13-10-16)14-7-5-4-6-8-14/h2,4-8,17H,1,3,9-13H2,(H,18,19). The van der Waals surface area contributed by atoms with Crippen LogP contribution in [0.1, 0.15) is 24.8 Å². The third kappa shape index (κ3) is 3.04. The minimum atomic E-state index is -0.367. The summed E-state index contributed by atoms with van der Waals surface area (Å²) in [5, 5.41) is 6.39. The Bertz CT molecular complexity index is 422. The quantitative estimate of drug-likeness (QED) is 0.626. The minimum absolute atomic E-state index is 0.155. The Balaban J connectivity index is 2.19. The van der Waals surface area contributed by atoms with Crippen molar-refractivity contribution >= 4 is 5.91 Å². The predicted molar refractivity (Wildman–Crippen MR) is 78.0 cm³/mol. The van der Waals surface area contributed by atoms with E-state index >= 15 is 0 Å². The van der Waals surface area contributed by atoms with Crippen molar-refractivity contribution in [1.82, 2.24) is 10.6 Å². The zero-order chi connectivity index (χ0) is 13.6. The average molecular weight is 258 g/mol. The van der Waals surface area contributed by atoms with Gasteiger partial charge in [0.15, 0.2) is 0 Å². The molecule has 0 unspecified atom stereocenters. The number of carbonyl (C=O) groups excluding carboxylic acids is 1. The van der Waals surface area contributed by atoms with Gasteiger partial charge < -0.3 is 10.6 Å². The molecule has 0 atom stereocenters. The lowest BCUT2D eigenvalue weighted by Crippen LogP contribution is -2.50. The van der Waals surface area contributed by atoms with E-state index in [2.05, 4.69) is 29.3 Å². The highest BCUT2D eigenvalue weighted by molar-refractivity contribution is 5.88. The summed E-state index contributed by atoms with van der Waals surface area (Å²) >= 11 is 0. The van der Waals surface area contributed by atoms with Gasteiger partial charge in [-0.1, -0.05) is 36.4 Å². The van der Waals surface area contributed by atoms with Crippen molar-refractivity contribution in [3.05, 3.63) is 48.6 Å². The molecule has 0 radical (unpaired) electrons. The number of hydrogen-bond donors (Lipinski definition) is 2. The van der Waals surface area contributed by atoms with Gasteiger partial charge in [0, 0.05) is 6.54 Å². The summed E-state index contributed by atoms with van der Waals surface area (Å²) in [6, 6.07) is 10.1. The van der Waals surface area contributed by atoms with Gasteiger partial charge in [-0.3, -0.25) is 4.79 Å². The first-order chi connectivity index (χ1) is 9.29. The van der Waals surface area contributed by atoms with E-state index in [-0.39, 0.29) is 11.3 Å².